The number of rotatable bonds is 10. The van der Waals surface area contributed by atoms with Crippen molar-refractivity contribution >= 4 is 0 Å². The van der Waals surface area contributed by atoms with Gasteiger partial charge in [-0.2, -0.15) is 0 Å². The SMILES string of the molecule is COCC(N)CN(C)CCOCCC(C)C. The number of hydrogen-bond donors (Lipinski definition) is 1. The molecule has 0 aromatic carbocycles. The predicted molar refractivity (Wildman–Crippen MR) is 67.6 cm³/mol. The zero-order valence-corrected chi connectivity index (χ0v) is 11.2. The standard InChI is InChI=1S/C12H28N2O2/c1-11(2)5-7-16-8-6-14(3)9-12(13)10-15-4/h11-12H,5-10,13H2,1-4H3. The van der Waals surface area contributed by atoms with Crippen LogP contribution >= 0.6 is 0 Å². The Labute approximate surface area is 100 Å². The van der Waals surface area contributed by atoms with E-state index in [1.165, 1.54) is 0 Å². The zero-order valence-electron chi connectivity index (χ0n) is 11.2. The highest BCUT2D eigenvalue weighted by atomic mass is 16.5. The van der Waals surface area contributed by atoms with Crippen LogP contribution in [-0.4, -0.2) is 58.0 Å². The second kappa shape index (κ2) is 10.0. The third-order valence-electron chi connectivity index (χ3n) is 2.38. The van der Waals surface area contributed by atoms with Gasteiger partial charge in [-0.25, -0.2) is 0 Å². The summed E-state index contributed by atoms with van der Waals surface area (Å²) in [7, 11) is 3.73. The van der Waals surface area contributed by atoms with E-state index >= 15 is 0 Å². The first-order valence-corrected chi connectivity index (χ1v) is 6.07. The number of methoxy groups -OCH3 is 1. The van der Waals surface area contributed by atoms with Crippen molar-refractivity contribution in [2.24, 2.45) is 11.7 Å². The van der Waals surface area contributed by atoms with Crippen LogP contribution in [0, 0.1) is 5.92 Å². The van der Waals surface area contributed by atoms with Crippen molar-refractivity contribution in [3.63, 3.8) is 0 Å². The minimum Gasteiger partial charge on any atom is -0.383 e. The molecule has 2 N–H and O–H groups in total. The fourth-order valence-corrected chi connectivity index (χ4v) is 1.40. The van der Waals surface area contributed by atoms with Crippen LogP contribution in [0.2, 0.25) is 0 Å². The van der Waals surface area contributed by atoms with Crippen molar-refractivity contribution in [2.45, 2.75) is 26.3 Å². The van der Waals surface area contributed by atoms with Gasteiger partial charge in [-0.05, 0) is 19.4 Å². The van der Waals surface area contributed by atoms with E-state index in [9.17, 15) is 0 Å². The minimum atomic E-state index is 0.0886. The van der Waals surface area contributed by atoms with Gasteiger partial charge in [0.15, 0.2) is 0 Å². The van der Waals surface area contributed by atoms with E-state index in [0.717, 1.165) is 32.7 Å². The molecule has 16 heavy (non-hydrogen) atoms. The summed E-state index contributed by atoms with van der Waals surface area (Å²) in [5, 5.41) is 0. The number of hydrogen-bond acceptors (Lipinski definition) is 4. The van der Waals surface area contributed by atoms with Crippen molar-refractivity contribution < 1.29 is 9.47 Å². The molecule has 98 valence electrons. The predicted octanol–water partition coefficient (Wildman–Crippen LogP) is 0.955. The van der Waals surface area contributed by atoms with Gasteiger partial charge < -0.3 is 20.1 Å². The highest BCUT2D eigenvalue weighted by Gasteiger charge is 2.05. The fourth-order valence-electron chi connectivity index (χ4n) is 1.40. The molecule has 0 saturated heterocycles. The molecule has 0 aromatic heterocycles. The lowest BCUT2D eigenvalue weighted by Gasteiger charge is -2.20. The Morgan fingerprint density at radius 2 is 1.94 bits per heavy atom. The molecular weight excluding hydrogens is 204 g/mol. The van der Waals surface area contributed by atoms with Crippen molar-refractivity contribution in [2.75, 3.05) is 47.1 Å². The van der Waals surface area contributed by atoms with Crippen molar-refractivity contribution in [1.29, 1.82) is 0 Å². The Bertz CT molecular complexity index is 154. The summed E-state index contributed by atoms with van der Waals surface area (Å²) in [5.41, 5.74) is 5.85. The molecule has 0 bridgehead atoms. The maximum Gasteiger partial charge on any atom is 0.0626 e. The van der Waals surface area contributed by atoms with Crippen LogP contribution in [0.25, 0.3) is 0 Å². The third kappa shape index (κ3) is 10.4. The first-order valence-electron chi connectivity index (χ1n) is 6.07. The molecule has 0 saturated carbocycles. The number of likely N-dealkylation sites (N-methyl/N-ethyl adjacent to an activating group) is 1. The zero-order chi connectivity index (χ0) is 12.4. The van der Waals surface area contributed by atoms with Crippen LogP contribution < -0.4 is 5.73 Å². The normalized spacial score (nSPS) is 13.7. The maximum atomic E-state index is 5.85. The van der Waals surface area contributed by atoms with Crippen LogP contribution in [0.3, 0.4) is 0 Å². The van der Waals surface area contributed by atoms with Gasteiger partial charge in [-0.3, -0.25) is 0 Å². The average molecular weight is 232 g/mol. The Balaban J connectivity index is 3.33. The minimum absolute atomic E-state index is 0.0886. The Morgan fingerprint density at radius 1 is 1.25 bits per heavy atom. The van der Waals surface area contributed by atoms with Gasteiger partial charge in [0.25, 0.3) is 0 Å². The van der Waals surface area contributed by atoms with Gasteiger partial charge >= 0.3 is 0 Å². The second-order valence-corrected chi connectivity index (χ2v) is 4.77. The summed E-state index contributed by atoms with van der Waals surface area (Å²) in [6.07, 6.45) is 1.13. The maximum absolute atomic E-state index is 5.85. The molecule has 0 aliphatic carbocycles. The summed E-state index contributed by atoms with van der Waals surface area (Å²) >= 11 is 0. The molecular formula is C12H28N2O2. The van der Waals surface area contributed by atoms with E-state index < -0.39 is 0 Å². The van der Waals surface area contributed by atoms with E-state index in [2.05, 4.69) is 25.8 Å². The lowest BCUT2D eigenvalue weighted by molar-refractivity contribution is 0.0962. The number of nitrogens with two attached hydrogens (primary N) is 1. The molecule has 0 aliphatic rings. The van der Waals surface area contributed by atoms with Crippen LogP contribution in [0.1, 0.15) is 20.3 Å². The second-order valence-electron chi connectivity index (χ2n) is 4.77. The molecule has 0 fully saturated rings. The smallest absolute Gasteiger partial charge is 0.0626 e. The summed E-state index contributed by atoms with van der Waals surface area (Å²) in [5.74, 6) is 0.716. The van der Waals surface area contributed by atoms with Crippen molar-refractivity contribution in [3.8, 4) is 0 Å². The molecule has 0 aromatic rings. The van der Waals surface area contributed by atoms with E-state index in [0.29, 0.717) is 12.5 Å². The van der Waals surface area contributed by atoms with Gasteiger partial charge in [0.2, 0.25) is 0 Å². The Hall–Kier alpha value is -0.160. The number of nitrogens with zero attached hydrogens (tertiary/aromatic N) is 1. The Kier molecular flexibility index (Phi) is 9.92. The first kappa shape index (κ1) is 15.8. The molecule has 0 rings (SSSR count). The van der Waals surface area contributed by atoms with Crippen molar-refractivity contribution in [1.82, 2.24) is 4.90 Å². The van der Waals surface area contributed by atoms with Gasteiger partial charge in [0.05, 0.1) is 13.2 Å². The largest absolute Gasteiger partial charge is 0.383 e. The molecule has 1 atom stereocenters. The van der Waals surface area contributed by atoms with Gasteiger partial charge in [-0.1, -0.05) is 13.8 Å². The highest BCUT2D eigenvalue weighted by molar-refractivity contribution is 4.64. The van der Waals surface area contributed by atoms with E-state index in [1.54, 1.807) is 7.11 Å². The molecule has 0 spiro atoms. The summed E-state index contributed by atoms with van der Waals surface area (Å²) in [4.78, 5) is 2.18. The third-order valence-corrected chi connectivity index (χ3v) is 2.38. The molecule has 0 amide bonds. The summed E-state index contributed by atoms with van der Waals surface area (Å²) in [6, 6.07) is 0.0886. The van der Waals surface area contributed by atoms with Gasteiger partial charge in [0.1, 0.15) is 0 Å². The van der Waals surface area contributed by atoms with Crippen LogP contribution in [0.5, 0.6) is 0 Å². The van der Waals surface area contributed by atoms with Gasteiger partial charge in [-0.15, -0.1) is 0 Å². The number of ether oxygens (including phenoxy) is 2. The molecule has 0 heterocycles. The van der Waals surface area contributed by atoms with Crippen molar-refractivity contribution in [3.05, 3.63) is 0 Å². The molecule has 1 unspecified atom stereocenters. The average Bonchev–Trinajstić information content (AvgIpc) is 2.16. The van der Waals surface area contributed by atoms with E-state index in [4.69, 9.17) is 15.2 Å². The lowest BCUT2D eigenvalue weighted by atomic mass is 10.1. The Morgan fingerprint density at radius 3 is 2.50 bits per heavy atom. The molecule has 4 nitrogen and oxygen atoms in total. The topological polar surface area (TPSA) is 47.7 Å². The quantitative estimate of drug-likeness (QED) is 0.570. The van der Waals surface area contributed by atoms with Gasteiger partial charge in [0, 0.05) is 32.8 Å². The summed E-state index contributed by atoms with van der Waals surface area (Å²) < 4.78 is 10.5. The highest BCUT2D eigenvalue weighted by Crippen LogP contribution is 1.98. The summed E-state index contributed by atoms with van der Waals surface area (Å²) in [6.45, 7) is 8.44. The van der Waals surface area contributed by atoms with E-state index in [1.807, 2.05) is 0 Å². The monoisotopic (exact) mass is 232 g/mol. The molecule has 0 aliphatic heterocycles. The first-order chi connectivity index (χ1) is 7.56. The van der Waals surface area contributed by atoms with Crippen LogP contribution in [-0.2, 0) is 9.47 Å². The molecule has 0 radical (unpaired) electrons. The fraction of sp³-hybridized carbons (Fsp3) is 1.00. The van der Waals surface area contributed by atoms with Crippen LogP contribution in [0.4, 0.5) is 0 Å². The molecule has 4 heteroatoms. The van der Waals surface area contributed by atoms with Crippen LogP contribution in [0.15, 0.2) is 0 Å². The van der Waals surface area contributed by atoms with E-state index in [-0.39, 0.29) is 6.04 Å². The lowest BCUT2D eigenvalue weighted by Crippen LogP contribution is -2.39.